The van der Waals surface area contributed by atoms with Gasteiger partial charge in [-0.3, -0.25) is 24.1 Å². The second-order valence-corrected chi connectivity index (χ2v) is 12.0. The number of aliphatic hydroxyl groups excluding tert-OH is 2. The molecule has 0 heterocycles. The molecule has 2 aromatic rings. The minimum atomic E-state index is -2.71. The van der Waals surface area contributed by atoms with E-state index in [0.29, 0.717) is 16.8 Å². The molecule has 0 aliphatic heterocycles. The zero-order chi connectivity index (χ0) is 32.2. The van der Waals surface area contributed by atoms with Crippen LogP contribution in [-0.2, 0) is 20.8 Å². The van der Waals surface area contributed by atoms with E-state index < -0.39 is 58.0 Å². The Morgan fingerprint density at radius 2 is 1.73 bits per heavy atom. The van der Waals surface area contributed by atoms with Gasteiger partial charge in [-0.1, -0.05) is 30.3 Å². The molecule has 0 spiro atoms. The molecule has 12 heteroatoms. The molecule has 5 rings (SSSR count). The third-order valence-electron chi connectivity index (χ3n) is 8.94. The zero-order valence-electron chi connectivity index (χ0n) is 24.9. The third kappa shape index (κ3) is 4.61. The second-order valence-electron chi connectivity index (χ2n) is 12.0. The SMILES string of the molecule is CN(C)c1cc(NCCC(=O)c2ccccc2)c(O)c2c1C[C@H]1C[C@H]3C(N(C)C)C(=O)C(C(N)=O)=C(O)[C@@]3(O)C(=O)C1=C2O. The van der Waals surface area contributed by atoms with Crippen molar-refractivity contribution in [1.82, 2.24) is 4.90 Å². The van der Waals surface area contributed by atoms with Crippen LogP contribution in [0.15, 0.2) is 53.3 Å². The van der Waals surface area contributed by atoms with Crippen LogP contribution in [0.25, 0.3) is 5.76 Å². The van der Waals surface area contributed by atoms with Crippen LogP contribution in [0.1, 0.15) is 34.3 Å². The van der Waals surface area contributed by atoms with Gasteiger partial charge in [-0.2, -0.15) is 0 Å². The van der Waals surface area contributed by atoms with Gasteiger partial charge in [-0.05, 0) is 44.5 Å². The van der Waals surface area contributed by atoms with Crippen LogP contribution in [0.3, 0.4) is 0 Å². The van der Waals surface area contributed by atoms with Crippen LogP contribution in [0.5, 0.6) is 5.75 Å². The van der Waals surface area contributed by atoms with Crippen molar-refractivity contribution in [3.8, 4) is 5.75 Å². The number of benzene rings is 2. The molecule has 44 heavy (non-hydrogen) atoms. The van der Waals surface area contributed by atoms with Gasteiger partial charge in [0.25, 0.3) is 5.91 Å². The van der Waals surface area contributed by atoms with Gasteiger partial charge in [-0.15, -0.1) is 0 Å². The van der Waals surface area contributed by atoms with Gasteiger partial charge in [0.2, 0.25) is 5.78 Å². The van der Waals surface area contributed by atoms with E-state index in [-0.39, 0.29) is 54.2 Å². The lowest BCUT2D eigenvalue weighted by Gasteiger charge is -2.50. The summed E-state index contributed by atoms with van der Waals surface area (Å²) in [7, 11) is 6.67. The average Bonchev–Trinajstić information content (AvgIpc) is 2.96. The maximum absolute atomic E-state index is 14.1. The van der Waals surface area contributed by atoms with Gasteiger partial charge < -0.3 is 36.4 Å². The number of Topliss-reactive ketones (excluding diaryl/α,β-unsaturated/α-hetero) is 3. The highest BCUT2D eigenvalue weighted by atomic mass is 16.3. The van der Waals surface area contributed by atoms with Gasteiger partial charge in [0.05, 0.1) is 17.3 Å². The van der Waals surface area contributed by atoms with Gasteiger partial charge in [0.1, 0.15) is 22.8 Å². The van der Waals surface area contributed by atoms with E-state index in [2.05, 4.69) is 5.32 Å². The molecule has 3 aliphatic carbocycles. The number of aromatic hydroxyl groups is 1. The minimum Gasteiger partial charge on any atom is -0.508 e. The molecule has 0 radical (unpaired) electrons. The molecule has 232 valence electrons. The third-order valence-corrected chi connectivity index (χ3v) is 8.94. The Balaban J connectivity index is 1.59. The average molecular weight is 605 g/mol. The summed E-state index contributed by atoms with van der Waals surface area (Å²) in [6, 6.07) is 9.32. The molecule has 12 nitrogen and oxygen atoms in total. The number of ketones is 3. The zero-order valence-corrected chi connectivity index (χ0v) is 24.9. The van der Waals surface area contributed by atoms with Crippen LogP contribution < -0.4 is 16.0 Å². The largest absolute Gasteiger partial charge is 0.508 e. The fourth-order valence-electron chi connectivity index (χ4n) is 6.90. The Morgan fingerprint density at radius 3 is 2.32 bits per heavy atom. The smallest absolute Gasteiger partial charge is 0.255 e. The summed E-state index contributed by atoms with van der Waals surface area (Å²) in [5.41, 5.74) is 3.51. The number of amides is 1. The van der Waals surface area contributed by atoms with Gasteiger partial charge in [-0.25, -0.2) is 0 Å². The Bertz CT molecular complexity index is 1640. The number of nitrogens with one attached hydrogen (secondary N) is 1. The van der Waals surface area contributed by atoms with Crippen molar-refractivity contribution < 1.29 is 39.6 Å². The first-order chi connectivity index (χ1) is 20.7. The first-order valence-electron chi connectivity index (χ1n) is 14.2. The summed E-state index contributed by atoms with van der Waals surface area (Å²) in [5.74, 6) is -7.17. The van der Waals surface area contributed by atoms with Gasteiger partial charge in [0, 0.05) is 49.8 Å². The highest BCUT2D eigenvalue weighted by Gasteiger charge is 2.64. The highest BCUT2D eigenvalue weighted by Crippen LogP contribution is 2.54. The molecule has 1 unspecified atom stereocenters. The van der Waals surface area contributed by atoms with Crippen molar-refractivity contribution in [1.29, 1.82) is 0 Å². The van der Waals surface area contributed by atoms with E-state index in [9.17, 15) is 39.6 Å². The number of phenols is 1. The topological polar surface area (TPSA) is 194 Å². The highest BCUT2D eigenvalue weighted by molar-refractivity contribution is 6.24. The number of aliphatic hydroxyl groups is 3. The molecule has 0 aromatic heterocycles. The summed E-state index contributed by atoms with van der Waals surface area (Å²) in [6.07, 6.45) is 0.294. The summed E-state index contributed by atoms with van der Waals surface area (Å²) < 4.78 is 0. The predicted octanol–water partition coefficient (Wildman–Crippen LogP) is 1.71. The van der Waals surface area contributed by atoms with Gasteiger partial charge >= 0.3 is 0 Å². The van der Waals surface area contributed by atoms with Crippen LogP contribution in [0.4, 0.5) is 11.4 Å². The normalized spacial score (nSPS) is 24.5. The van der Waals surface area contributed by atoms with E-state index in [1.165, 1.54) is 4.90 Å². The quantitative estimate of drug-likeness (QED) is 0.146. The van der Waals surface area contributed by atoms with Crippen LogP contribution in [0, 0.1) is 11.8 Å². The molecule has 2 aromatic carbocycles. The molecule has 0 saturated heterocycles. The summed E-state index contributed by atoms with van der Waals surface area (Å²) in [4.78, 5) is 55.4. The van der Waals surface area contributed by atoms with Gasteiger partial charge in [0.15, 0.2) is 17.2 Å². The lowest BCUT2D eigenvalue weighted by molar-refractivity contribution is -0.153. The number of likely N-dealkylation sites (N-methyl/N-ethyl adjacent to an activating group) is 1. The van der Waals surface area contributed by atoms with Crippen LogP contribution in [-0.4, -0.2) is 95.0 Å². The van der Waals surface area contributed by atoms with Crippen molar-refractivity contribution in [3.05, 3.63) is 70.0 Å². The summed E-state index contributed by atoms with van der Waals surface area (Å²) >= 11 is 0. The summed E-state index contributed by atoms with van der Waals surface area (Å²) in [5, 5.41) is 48.9. The molecule has 1 fully saturated rings. The molecule has 3 aliphatic rings. The van der Waals surface area contributed by atoms with Crippen molar-refractivity contribution in [3.63, 3.8) is 0 Å². The number of carbonyl (C=O) groups excluding carboxylic acids is 4. The number of primary amides is 1. The Kier molecular flexibility index (Phi) is 7.77. The van der Waals surface area contributed by atoms with E-state index >= 15 is 0 Å². The van der Waals surface area contributed by atoms with Crippen LogP contribution in [0.2, 0.25) is 0 Å². The van der Waals surface area contributed by atoms with E-state index in [1.807, 2.05) is 6.07 Å². The second kappa shape index (κ2) is 11.1. The lowest BCUT2D eigenvalue weighted by atomic mass is 9.57. The maximum atomic E-state index is 14.1. The molecule has 7 N–H and O–H groups in total. The van der Waals surface area contributed by atoms with E-state index in [0.717, 1.165) is 0 Å². The molecule has 0 bridgehead atoms. The molecule has 4 atom stereocenters. The van der Waals surface area contributed by atoms with Crippen molar-refractivity contribution in [2.75, 3.05) is 45.0 Å². The fraction of sp³-hybridized carbons (Fsp3) is 0.375. The predicted molar refractivity (Wildman–Crippen MR) is 162 cm³/mol. The first-order valence-corrected chi connectivity index (χ1v) is 14.2. The van der Waals surface area contributed by atoms with Crippen molar-refractivity contribution in [2.45, 2.75) is 30.9 Å². The minimum absolute atomic E-state index is 0.000983. The number of nitrogens with zero attached hydrogens (tertiary/aromatic N) is 2. The number of anilines is 2. The molecular weight excluding hydrogens is 568 g/mol. The Morgan fingerprint density at radius 1 is 1.07 bits per heavy atom. The number of hydrogen-bond donors (Lipinski definition) is 6. The van der Waals surface area contributed by atoms with E-state index in [4.69, 9.17) is 5.73 Å². The van der Waals surface area contributed by atoms with Crippen molar-refractivity contribution >= 4 is 40.4 Å². The molecule has 1 saturated carbocycles. The van der Waals surface area contributed by atoms with Crippen molar-refractivity contribution in [2.24, 2.45) is 17.6 Å². The Hall–Kier alpha value is -4.68. The molecule has 1 amide bonds. The summed E-state index contributed by atoms with van der Waals surface area (Å²) in [6.45, 7) is 0.168. The monoisotopic (exact) mass is 604 g/mol. The lowest BCUT2D eigenvalue weighted by Crippen LogP contribution is -2.65. The van der Waals surface area contributed by atoms with Crippen LogP contribution >= 0.6 is 0 Å². The number of nitrogens with two attached hydrogens (primary N) is 1. The Labute approximate surface area is 254 Å². The standard InChI is InChI=1S/C32H36N4O8/c1-35(2)20-14-19(34-11-10-21(37)15-8-6-5-7-9-15)26(38)23-17(20)12-16-13-18-25(36(3)4)28(40)24(31(33)43)30(42)32(18,44)29(41)22(16)27(23)39/h5-9,14,16,18,25,34,38-39,42,44H,10-13H2,1-4H3,(H2,33,43)/t16-,18-,25?,32-/m0/s1. The first kappa shape index (κ1) is 30.8. The number of phenolic OH excluding ortho intramolecular Hbond substituents is 1. The maximum Gasteiger partial charge on any atom is 0.255 e. The fourth-order valence-corrected chi connectivity index (χ4v) is 6.90. The number of hydrogen-bond acceptors (Lipinski definition) is 11. The molecular formula is C32H36N4O8. The number of fused-ring (bicyclic) bond motifs is 3. The number of carbonyl (C=O) groups is 4. The van der Waals surface area contributed by atoms with E-state index in [1.54, 1.807) is 63.4 Å². The number of rotatable bonds is 8.